The minimum absolute atomic E-state index is 0.606. The highest BCUT2D eigenvalue weighted by atomic mass is 14.9. The molecule has 2 heteroatoms. The van der Waals surface area contributed by atoms with Gasteiger partial charge in [-0.15, -0.1) is 0 Å². The van der Waals surface area contributed by atoms with Crippen molar-refractivity contribution in [3.8, 4) is 0 Å². The van der Waals surface area contributed by atoms with E-state index in [2.05, 4.69) is 35.8 Å². The van der Waals surface area contributed by atoms with Crippen LogP contribution < -0.4 is 10.6 Å². The summed E-state index contributed by atoms with van der Waals surface area (Å²) in [6.07, 6.45) is 5.11. The Morgan fingerprint density at radius 2 is 2.25 bits per heavy atom. The summed E-state index contributed by atoms with van der Waals surface area (Å²) in [5.41, 5.74) is 4.31. The fraction of sp³-hybridized carbons (Fsp3) is 0.571. The zero-order valence-electron chi connectivity index (χ0n) is 9.92. The van der Waals surface area contributed by atoms with E-state index in [-0.39, 0.29) is 0 Å². The zero-order chi connectivity index (χ0) is 11.0. The molecule has 1 fully saturated rings. The Morgan fingerprint density at radius 3 is 3.06 bits per heavy atom. The molecule has 0 amide bonds. The number of anilines is 1. The first-order chi connectivity index (χ1) is 7.81. The summed E-state index contributed by atoms with van der Waals surface area (Å²) in [4.78, 5) is 0. The average molecular weight is 216 g/mol. The maximum atomic E-state index is 3.57. The summed E-state index contributed by atoms with van der Waals surface area (Å²) in [7, 11) is 0. The summed E-state index contributed by atoms with van der Waals surface area (Å²) in [5.74, 6) is 0. The molecule has 1 aliphatic carbocycles. The summed E-state index contributed by atoms with van der Waals surface area (Å²) >= 11 is 0. The van der Waals surface area contributed by atoms with Crippen LogP contribution in [-0.2, 0) is 12.8 Å². The predicted molar refractivity (Wildman–Crippen MR) is 68.0 cm³/mol. The van der Waals surface area contributed by atoms with Gasteiger partial charge in [0.05, 0.1) is 0 Å². The van der Waals surface area contributed by atoms with Gasteiger partial charge in [0, 0.05) is 17.8 Å². The van der Waals surface area contributed by atoms with Crippen LogP contribution in [0.1, 0.15) is 30.9 Å². The van der Waals surface area contributed by atoms with Crippen molar-refractivity contribution in [1.82, 2.24) is 5.32 Å². The van der Waals surface area contributed by atoms with Gasteiger partial charge in [0.2, 0.25) is 0 Å². The summed E-state index contributed by atoms with van der Waals surface area (Å²) < 4.78 is 0. The second-order valence-corrected chi connectivity index (χ2v) is 5.22. The number of benzene rings is 1. The van der Waals surface area contributed by atoms with Gasteiger partial charge in [-0.1, -0.05) is 12.1 Å². The highest BCUT2D eigenvalue weighted by Crippen LogP contribution is 2.26. The normalized spacial score (nSPS) is 22.9. The van der Waals surface area contributed by atoms with E-state index in [4.69, 9.17) is 0 Å². The van der Waals surface area contributed by atoms with Crippen molar-refractivity contribution >= 4 is 5.69 Å². The predicted octanol–water partition coefficient (Wildman–Crippen LogP) is 2.34. The van der Waals surface area contributed by atoms with E-state index < -0.39 is 0 Å². The Labute approximate surface area is 97.4 Å². The summed E-state index contributed by atoms with van der Waals surface area (Å²) in [5, 5.41) is 7.06. The van der Waals surface area contributed by atoms with E-state index in [0.29, 0.717) is 6.04 Å². The van der Waals surface area contributed by atoms with Gasteiger partial charge in [-0.25, -0.2) is 0 Å². The fourth-order valence-electron chi connectivity index (χ4n) is 2.47. The van der Waals surface area contributed by atoms with Gasteiger partial charge in [-0.05, 0) is 56.3 Å². The van der Waals surface area contributed by atoms with Crippen LogP contribution in [0.3, 0.4) is 0 Å². The van der Waals surface area contributed by atoms with Crippen molar-refractivity contribution in [1.29, 1.82) is 0 Å². The number of fused-ring (bicyclic) bond motifs is 1. The Kier molecular flexibility index (Phi) is 2.60. The number of hydrogen-bond donors (Lipinski definition) is 2. The molecule has 1 unspecified atom stereocenters. The van der Waals surface area contributed by atoms with Gasteiger partial charge in [-0.3, -0.25) is 0 Å². The lowest BCUT2D eigenvalue weighted by molar-refractivity contribution is 0.682. The Bertz CT molecular complexity index is 382. The van der Waals surface area contributed by atoms with Gasteiger partial charge >= 0.3 is 0 Å². The molecule has 1 aromatic carbocycles. The standard InChI is InChI=1S/C14H20N2/c1-10-8-12-9-11(2-5-14(12)16-10)6-7-15-13-3-4-13/h2,5,9-10,13,15-16H,3-4,6-8H2,1H3. The average Bonchev–Trinajstić information content (AvgIpc) is 2.99. The van der Waals surface area contributed by atoms with Crippen molar-refractivity contribution < 1.29 is 0 Å². The van der Waals surface area contributed by atoms with Gasteiger partial charge in [0.25, 0.3) is 0 Å². The molecule has 0 aromatic heterocycles. The van der Waals surface area contributed by atoms with Crippen LogP contribution in [0, 0.1) is 0 Å². The monoisotopic (exact) mass is 216 g/mol. The van der Waals surface area contributed by atoms with Crippen LogP contribution in [0.25, 0.3) is 0 Å². The van der Waals surface area contributed by atoms with Crippen LogP contribution in [0.2, 0.25) is 0 Å². The topological polar surface area (TPSA) is 24.1 Å². The molecule has 1 saturated carbocycles. The summed E-state index contributed by atoms with van der Waals surface area (Å²) in [6.45, 7) is 3.38. The van der Waals surface area contributed by atoms with Crippen LogP contribution in [-0.4, -0.2) is 18.6 Å². The third-order valence-corrected chi connectivity index (χ3v) is 3.52. The van der Waals surface area contributed by atoms with Crippen LogP contribution in [0.5, 0.6) is 0 Å². The molecule has 1 aliphatic heterocycles. The molecule has 0 radical (unpaired) electrons. The second-order valence-electron chi connectivity index (χ2n) is 5.22. The molecule has 1 aromatic rings. The highest BCUT2D eigenvalue weighted by Gasteiger charge is 2.20. The molecule has 86 valence electrons. The Morgan fingerprint density at radius 1 is 1.38 bits per heavy atom. The minimum atomic E-state index is 0.606. The van der Waals surface area contributed by atoms with Gasteiger partial charge in [0.1, 0.15) is 0 Å². The lowest BCUT2D eigenvalue weighted by atomic mass is 10.0. The van der Waals surface area contributed by atoms with E-state index in [9.17, 15) is 0 Å². The third kappa shape index (κ3) is 2.22. The third-order valence-electron chi connectivity index (χ3n) is 3.52. The lowest BCUT2D eigenvalue weighted by Gasteiger charge is -2.05. The van der Waals surface area contributed by atoms with Crippen LogP contribution in [0.4, 0.5) is 5.69 Å². The Balaban J connectivity index is 1.60. The molecule has 1 atom stereocenters. The number of nitrogens with one attached hydrogen (secondary N) is 2. The van der Waals surface area contributed by atoms with Gasteiger partial charge < -0.3 is 10.6 Å². The molecular weight excluding hydrogens is 196 g/mol. The smallest absolute Gasteiger partial charge is 0.0375 e. The van der Waals surface area contributed by atoms with Crippen molar-refractivity contribution in [3.05, 3.63) is 29.3 Å². The van der Waals surface area contributed by atoms with Crippen LogP contribution in [0.15, 0.2) is 18.2 Å². The Hall–Kier alpha value is -1.02. The maximum Gasteiger partial charge on any atom is 0.0375 e. The first-order valence-electron chi connectivity index (χ1n) is 6.43. The highest BCUT2D eigenvalue weighted by molar-refractivity contribution is 5.57. The maximum absolute atomic E-state index is 3.57. The quantitative estimate of drug-likeness (QED) is 0.807. The van der Waals surface area contributed by atoms with E-state index in [1.54, 1.807) is 0 Å². The largest absolute Gasteiger partial charge is 0.382 e. The van der Waals surface area contributed by atoms with E-state index in [0.717, 1.165) is 19.0 Å². The van der Waals surface area contributed by atoms with Crippen molar-refractivity contribution in [2.75, 3.05) is 11.9 Å². The number of rotatable bonds is 4. The van der Waals surface area contributed by atoms with Crippen molar-refractivity contribution in [2.24, 2.45) is 0 Å². The van der Waals surface area contributed by atoms with E-state index >= 15 is 0 Å². The molecule has 0 saturated heterocycles. The lowest BCUT2D eigenvalue weighted by Crippen LogP contribution is -2.19. The molecule has 2 aliphatic rings. The molecule has 0 spiro atoms. The first-order valence-corrected chi connectivity index (χ1v) is 6.43. The molecule has 16 heavy (non-hydrogen) atoms. The SMILES string of the molecule is CC1Cc2cc(CCNC3CC3)ccc2N1. The molecule has 2 N–H and O–H groups in total. The van der Waals surface area contributed by atoms with Gasteiger partial charge in [0.15, 0.2) is 0 Å². The molecule has 1 heterocycles. The van der Waals surface area contributed by atoms with Crippen LogP contribution >= 0.6 is 0 Å². The first kappa shape index (κ1) is 10.2. The summed E-state index contributed by atoms with van der Waals surface area (Å²) in [6, 6.07) is 8.32. The molecule has 0 bridgehead atoms. The van der Waals surface area contributed by atoms with Gasteiger partial charge in [-0.2, -0.15) is 0 Å². The molecule has 2 nitrogen and oxygen atoms in total. The van der Waals surface area contributed by atoms with E-state index in [1.165, 1.54) is 36.1 Å². The minimum Gasteiger partial charge on any atom is -0.382 e. The number of hydrogen-bond acceptors (Lipinski definition) is 2. The van der Waals surface area contributed by atoms with Crippen molar-refractivity contribution in [3.63, 3.8) is 0 Å². The molecule has 3 rings (SSSR count). The molecular formula is C14H20N2. The second kappa shape index (κ2) is 4.10. The fourth-order valence-corrected chi connectivity index (χ4v) is 2.47. The zero-order valence-corrected chi connectivity index (χ0v) is 9.92. The van der Waals surface area contributed by atoms with E-state index in [1.807, 2.05) is 0 Å². The van der Waals surface area contributed by atoms with Crippen molar-refractivity contribution in [2.45, 2.75) is 44.7 Å².